The zero-order valence-electron chi connectivity index (χ0n) is 6.66. The van der Waals surface area contributed by atoms with E-state index < -0.39 is 0 Å². The third-order valence-electron chi connectivity index (χ3n) is 1.90. The van der Waals surface area contributed by atoms with E-state index in [0.29, 0.717) is 5.88 Å². The molecule has 3 nitrogen and oxygen atoms in total. The number of halogens is 1. The van der Waals surface area contributed by atoms with Crippen molar-refractivity contribution in [3.63, 3.8) is 0 Å². The molecule has 2 rings (SSSR count). The van der Waals surface area contributed by atoms with Gasteiger partial charge in [-0.15, -0.1) is 11.6 Å². The summed E-state index contributed by atoms with van der Waals surface area (Å²) in [6.07, 6.45) is 3.52. The van der Waals surface area contributed by atoms with Crippen molar-refractivity contribution < 1.29 is 0 Å². The summed E-state index contributed by atoms with van der Waals surface area (Å²) in [7, 11) is 1.94. The highest BCUT2D eigenvalue weighted by atomic mass is 35.5. The van der Waals surface area contributed by atoms with Gasteiger partial charge in [0.05, 0.1) is 23.1 Å². The SMILES string of the molecule is Cn1c(CCl)nc2ccncc21. The van der Waals surface area contributed by atoms with Crippen LogP contribution in [0.15, 0.2) is 18.5 Å². The quantitative estimate of drug-likeness (QED) is 0.627. The molecule has 0 aliphatic heterocycles. The number of nitrogens with zero attached hydrogens (tertiary/aromatic N) is 3. The smallest absolute Gasteiger partial charge is 0.124 e. The Bertz CT molecular complexity index is 408. The van der Waals surface area contributed by atoms with Gasteiger partial charge in [-0.2, -0.15) is 0 Å². The molecule has 0 bridgehead atoms. The van der Waals surface area contributed by atoms with E-state index in [2.05, 4.69) is 9.97 Å². The molecule has 2 heterocycles. The van der Waals surface area contributed by atoms with Crippen LogP contribution >= 0.6 is 11.6 Å². The number of hydrogen-bond donors (Lipinski definition) is 0. The summed E-state index contributed by atoms with van der Waals surface area (Å²) >= 11 is 5.70. The summed E-state index contributed by atoms with van der Waals surface area (Å²) in [4.78, 5) is 8.34. The standard InChI is InChI=1S/C8H8ClN3/c1-12-7-5-10-3-2-6(7)11-8(12)4-9/h2-3,5H,4H2,1H3. The van der Waals surface area contributed by atoms with Crippen LogP contribution in [0, 0.1) is 0 Å². The Kier molecular flexibility index (Phi) is 1.73. The van der Waals surface area contributed by atoms with Crippen LogP contribution < -0.4 is 0 Å². The Morgan fingerprint density at radius 1 is 1.58 bits per heavy atom. The molecule has 0 atom stereocenters. The van der Waals surface area contributed by atoms with Crippen LogP contribution in [0.3, 0.4) is 0 Å². The molecule has 0 fully saturated rings. The van der Waals surface area contributed by atoms with Crippen molar-refractivity contribution >= 4 is 22.6 Å². The molecule has 0 spiro atoms. The molecule has 0 amide bonds. The van der Waals surface area contributed by atoms with E-state index >= 15 is 0 Å². The monoisotopic (exact) mass is 181 g/mol. The summed E-state index contributed by atoms with van der Waals surface area (Å²) in [5.41, 5.74) is 1.97. The van der Waals surface area contributed by atoms with E-state index in [4.69, 9.17) is 11.6 Å². The van der Waals surface area contributed by atoms with E-state index in [0.717, 1.165) is 16.9 Å². The summed E-state index contributed by atoms with van der Waals surface area (Å²) in [5.74, 6) is 1.31. The first kappa shape index (κ1) is 7.55. The zero-order chi connectivity index (χ0) is 8.55. The minimum Gasteiger partial charge on any atom is -0.329 e. The van der Waals surface area contributed by atoms with Gasteiger partial charge < -0.3 is 4.57 Å². The van der Waals surface area contributed by atoms with Gasteiger partial charge in [-0.1, -0.05) is 0 Å². The molecule has 2 aromatic heterocycles. The van der Waals surface area contributed by atoms with Crippen molar-refractivity contribution in [2.24, 2.45) is 7.05 Å². The number of imidazole rings is 1. The van der Waals surface area contributed by atoms with E-state index in [1.165, 1.54) is 0 Å². The molecular formula is C8H8ClN3. The molecular weight excluding hydrogens is 174 g/mol. The molecule has 0 unspecified atom stereocenters. The second-order valence-corrected chi connectivity index (χ2v) is 2.85. The summed E-state index contributed by atoms with van der Waals surface area (Å²) in [5, 5.41) is 0. The van der Waals surface area contributed by atoms with E-state index in [9.17, 15) is 0 Å². The first-order chi connectivity index (χ1) is 5.83. The van der Waals surface area contributed by atoms with Gasteiger partial charge in [0.2, 0.25) is 0 Å². The Balaban J connectivity index is 2.78. The van der Waals surface area contributed by atoms with Crippen LogP contribution in [0.2, 0.25) is 0 Å². The molecule has 62 valence electrons. The van der Waals surface area contributed by atoms with Crippen LogP contribution in [0.4, 0.5) is 0 Å². The molecule has 0 saturated carbocycles. The number of aromatic nitrogens is 3. The topological polar surface area (TPSA) is 30.7 Å². The van der Waals surface area contributed by atoms with Gasteiger partial charge in [0.15, 0.2) is 0 Å². The maximum atomic E-state index is 5.70. The Labute approximate surface area is 75.0 Å². The van der Waals surface area contributed by atoms with Crippen molar-refractivity contribution in [1.82, 2.24) is 14.5 Å². The highest BCUT2D eigenvalue weighted by Gasteiger charge is 2.04. The van der Waals surface area contributed by atoms with Gasteiger partial charge in [0, 0.05) is 13.2 Å². The van der Waals surface area contributed by atoms with Gasteiger partial charge in [0.25, 0.3) is 0 Å². The maximum Gasteiger partial charge on any atom is 0.124 e. The summed E-state index contributed by atoms with van der Waals surface area (Å²) in [6.45, 7) is 0. The lowest BCUT2D eigenvalue weighted by Gasteiger charge is -1.95. The fraction of sp³-hybridized carbons (Fsp3) is 0.250. The largest absolute Gasteiger partial charge is 0.329 e. The van der Waals surface area contributed by atoms with E-state index in [1.807, 2.05) is 17.7 Å². The number of pyridine rings is 1. The normalized spacial score (nSPS) is 10.8. The highest BCUT2D eigenvalue weighted by molar-refractivity contribution is 6.16. The Hall–Kier alpha value is -1.09. The van der Waals surface area contributed by atoms with Crippen molar-refractivity contribution in [2.45, 2.75) is 5.88 Å². The van der Waals surface area contributed by atoms with Crippen LogP contribution in [-0.4, -0.2) is 14.5 Å². The fourth-order valence-corrected chi connectivity index (χ4v) is 1.44. The fourth-order valence-electron chi connectivity index (χ4n) is 1.20. The summed E-state index contributed by atoms with van der Waals surface area (Å²) < 4.78 is 1.95. The Morgan fingerprint density at radius 3 is 3.08 bits per heavy atom. The molecule has 0 aliphatic rings. The van der Waals surface area contributed by atoms with Gasteiger partial charge in [-0.05, 0) is 6.07 Å². The van der Waals surface area contributed by atoms with Crippen molar-refractivity contribution in [3.05, 3.63) is 24.3 Å². The number of hydrogen-bond acceptors (Lipinski definition) is 2. The second-order valence-electron chi connectivity index (χ2n) is 2.59. The van der Waals surface area contributed by atoms with Crippen LogP contribution in [0.5, 0.6) is 0 Å². The second kappa shape index (κ2) is 2.75. The third-order valence-corrected chi connectivity index (χ3v) is 2.13. The van der Waals surface area contributed by atoms with Crippen LogP contribution in [-0.2, 0) is 12.9 Å². The predicted octanol–water partition coefficient (Wildman–Crippen LogP) is 1.71. The molecule has 0 saturated heterocycles. The summed E-state index contributed by atoms with van der Waals surface area (Å²) in [6, 6.07) is 1.88. The van der Waals surface area contributed by atoms with Gasteiger partial charge in [-0.25, -0.2) is 4.98 Å². The number of aryl methyl sites for hydroxylation is 1. The lowest BCUT2D eigenvalue weighted by molar-refractivity contribution is 0.872. The number of fused-ring (bicyclic) bond motifs is 1. The van der Waals surface area contributed by atoms with E-state index in [-0.39, 0.29) is 0 Å². The molecule has 4 heteroatoms. The van der Waals surface area contributed by atoms with Crippen LogP contribution in [0.1, 0.15) is 5.82 Å². The average molecular weight is 182 g/mol. The van der Waals surface area contributed by atoms with Crippen molar-refractivity contribution in [3.8, 4) is 0 Å². The molecule has 0 aromatic carbocycles. The minimum absolute atomic E-state index is 0.436. The molecule has 2 aromatic rings. The van der Waals surface area contributed by atoms with E-state index in [1.54, 1.807) is 12.4 Å². The van der Waals surface area contributed by atoms with Crippen LogP contribution in [0.25, 0.3) is 11.0 Å². The third kappa shape index (κ3) is 0.975. The van der Waals surface area contributed by atoms with Crippen molar-refractivity contribution in [2.75, 3.05) is 0 Å². The molecule has 0 N–H and O–H groups in total. The minimum atomic E-state index is 0.436. The first-order valence-corrected chi connectivity index (χ1v) is 4.17. The lowest BCUT2D eigenvalue weighted by Crippen LogP contribution is -1.93. The average Bonchev–Trinajstić information content (AvgIpc) is 2.44. The maximum absolute atomic E-state index is 5.70. The highest BCUT2D eigenvalue weighted by Crippen LogP contribution is 2.13. The lowest BCUT2D eigenvalue weighted by atomic mass is 10.4. The number of alkyl halides is 1. The zero-order valence-corrected chi connectivity index (χ0v) is 7.41. The van der Waals surface area contributed by atoms with Crippen molar-refractivity contribution in [1.29, 1.82) is 0 Å². The molecule has 12 heavy (non-hydrogen) atoms. The van der Waals surface area contributed by atoms with Gasteiger partial charge >= 0.3 is 0 Å². The molecule has 0 aliphatic carbocycles. The predicted molar refractivity (Wildman–Crippen MR) is 48.1 cm³/mol. The van der Waals surface area contributed by atoms with Gasteiger partial charge in [-0.3, -0.25) is 4.98 Å². The number of rotatable bonds is 1. The molecule has 0 radical (unpaired) electrons. The van der Waals surface area contributed by atoms with Gasteiger partial charge in [0.1, 0.15) is 5.82 Å². The Morgan fingerprint density at radius 2 is 2.42 bits per heavy atom. The first-order valence-electron chi connectivity index (χ1n) is 3.64.